The van der Waals surface area contributed by atoms with E-state index in [9.17, 15) is 9.18 Å². The lowest BCUT2D eigenvalue weighted by molar-refractivity contribution is 0.0939. The summed E-state index contributed by atoms with van der Waals surface area (Å²) in [6.07, 6.45) is 4.18. The molecule has 1 aromatic carbocycles. The van der Waals surface area contributed by atoms with Gasteiger partial charge in [0.05, 0.1) is 21.5 Å². The molecule has 0 unspecified atom stereocenters. The molecule has 4 aromatic rings. The monoisotopic (exact) mass is 407 g/mol. The van der Waals surface area contributed by atoms with E-state index >= 15 is 0 Å². The Balaban J connectivity index is 1.69. The molecule has 1 N–H and O–H groups in total. The quantitative estimate of drug-likeness (QED) is 0.490. The first kappa shape index (κ1) is 18.0. The molecule has 3 heterocycles. The fourth-order valence-corrected chi connectivity index (χ4v) is 4.54. The zero-order chi connectivity index (χ0) is 19.8. The van der Waals surface area contributed by atoms with Crippen LogP contribution >= 0.6 is 11.3 Å². The number of benzene rings is 1. The second-order valence-electron chi connectivity index (χ2n) is 7.18. The van der Waals surface area contributed by atoms with E-state index in [0.29, 0.717) is 22.3 Å². The van der Waals surface area contributed by atoms with Gasteiger partial charge in [0.25, 0.3) is 11.6 Å². The van der Waals surface area contributed by atoms with E-state index in [1.165, 1.54) is 17.4 Å². The standard InChI is InChI=1S/C22H18FN3O2S/c23-16-9-4-3-8-14(16)20-19-15(21(27)24-13-6-1-2-7-13)12-17(18-10-5-11-29-18)25-22(19)28-26-20/h3-5,8-13H,1-2,6-7H2,(H,24,27). The molecule has 3 aromatic heterocycles. The SMILES string of the molecule is O=C(NC1CCCC1)c1cc(-c2cccs2)nc2onc(-c3ccccc3F)c12. The normalized spacial score (nSPS) is 14.5. The summed E-state index contributed by atoms with van der Waals surface area (Å²) >= 11 is 1.53. The van der Waals surface area contributed by atoms with Gasteiger partial charge in [-0.25, -0.2) is 9.37 Å². The Morgan fingerprint density at radius 2 is 2.00 bits per heavy atom. The molecule has 146 valence electrons. The smallest absolute Gasteiger partial charge is 0.259 e. The molecule has 7 heteroatoms. The fraction of sp³-hybridized carbons (Fsp3) is 0.227. The van der Waals surface area contributed by atoms with E-state index in [2.05, 4.69) is 15.5 Å². The van der Waals surface area contributed by atoms with Crippen molar-refractivity contribution in [3.05, 3.63) is 59.2 Å². The van der Waals surface area contributed by atoms with Gasteiger partial charge in [-0.05, 0) is 42.5 Å². The number of rotatable bonds is 4. The number of nitrogens with zero attached hydrogens (tertiary/aromatic N) is 2. The van der Waals surface area contributed by atoms with Crippen LogP contribution < -0.4 is 5.32 Å². The molecule has 5 rings (SSSR count). The van der Waals surface area contributed by atoms with E-state index in [0.717, 1.165) is 30.6 Å². The Morgan fingerprint density at radius 1 is 1.17 bits per heavy atom. The lowest BCUT2D eigenvalue weighted by atomic mass is 10.0. The van der Waals surface area contributed by atoms with Gasteiger partial charge in [0.1, 0.15) is 11.5 Å². The Kier molecular flexibility index (Phi) is 4.60. The highest BCUT2D eigenvalue weighted by atomic mass is 32.1. The van der Waals surface area contributed by atoms with Crippen molar-refractivity contribution in [1.29, 1.82) is 0 Å². The van der Waals surface area contributed by atoms with Crippen molar-refractivity contribution in [2.24, 2.45) is 0 Å². The van der Waals surface area contributed by atoms with Crippen molar-refractivity contribution < 1.29 is 13.7 Å². The summed E-state index contributed by atoms with van der Waals surface area (Å²) in [5.74, 6) is -0.630. The van der Waals surface area contributed by atoms with Crippen LogP contribution in [-0.2, 0) is 0 Å². The number of carbonyl (C=O) groups is 1. The highest BCUT2D eigenvalue weighted by Crippen LogP contribution is 2.35. The average molecular weight is 407 g/mol. The van der Waals surface area contributed by atoms with Crippen LogP contribution in [0.2, 0.25) is 0 Å². The number of hydrogen-bond acceptors (Lipinski definition) is 5. The second kappa shape index (κ2) is 7.40. The largest absolute Gasteiger partial charge is 0.349 e. The van der Waals surface area contributed by atoms with Gasteiger partial charge < -0.3 is 9.84 Å². The number of carbonyl (C=O) groups excluding carboxylic acids is 1. The minimum absolute atomic E-state index is 0.160. The first-order chi connectivity index (χ1) is 14.2. The van der Waals surface area contributed by atoms with Gasteiger partial charge in [-0.2, -0.15) is 0 Å². The summed E-state index contributed by atoms with van der Waals surface area (Å²) in [5, 5.41) is 9.57. The third-order valence-corrected chi connectivity index (χ3v) is 6.18. The van der Waals surface area contributed by atoms with Crippen molar-refractivity contribution in [2.45, 2.75) is 31.7 Å². The highest BCUT2D eigenvalue weighted by Gasteiger charge is 2.25. The number of nitrogens with one attached hydrogen (secondary N) is 1. The zero-order valence-corrected chi connectivity index (χ0v) is 16.3. The highest BCUT2D eigenvalue weighted by molar-refractivity contribution is 7.13. The number of amides is 1. The molecular formula is C22H18FN3O2S. The van der Waals surface area contributed by atoms with Gasteiger partial charge in [0, 0.05) is 11.6 Å². The van der Waals surface area contributed by atoms with Crippen LogP contribution in [0.15, 0.2) is 52.4 Å². The maximum atomic E-state index is 14.4. The maximum absolute atomic E-state index is 14.4. The third kappa shape index (κ3) is 3.31. The predicted octanol–water partition coefficient (Wildman–Crippen LogP) is 5.43. The van der Waals surface area contributed by atoms with Crippen LogP contribution in [0.3, 0.4) is 0 Å². The zero-order valence-electron chi connectivity index (χ0n) is 15.5. The molecule has 0 atom stereocenters. The number of hydrogen-bond donors (Lipinski definition) is 1. The van der Waals surface area contributed by atoms with Gasteiger partial charge in [0.15, 0.2) is 0 Å². The van der Waals surface area contributed by atoms with Gasteiger partial charge in [0.2, 0.25) is 0 Å². The topological polar surface area (TPSA) is 68.0 Å². The summed E-state index contributed by atoms with van der Waals surface area (Å²) < 4.78 is 19.9. The molecule has 1 amide bonds. The first-order valence-electron chi connectivity index (χ1n) is 9.61. The van der Waals surface area contributed by atoms with Gasteiger partial charge in [-0.1, -0.05) is 36.2 Å². The number of fused-ring (bicyclic) bond motifs is 1. The van der Waals surface area contributed by atoms with Crippen LogP contribution in [0.25, 0.3) is 32.9 Å². The average Bonchev–Trinajstić information content (AvgIpc) is 3.49. The molecule has 1 fully saturated rings. The molecule has 0 bridgehead atoms. The van der Waals surface area contributed by atoms with Crippen LogP contribution in [0.4, 0.5) is 4.39 Å². The van der Waals surface area contributed by atoms with Crippen LogP contribution in [0.5, 0.6) is 0 Å². The first-order valence-corrected chi connectivity index (χ1v) is 10.5. The van der Waals surface area contributed by atoms with Gasteiger partial charge in [-0.3, -0.25) is 4.79 Å². The molecule has 5 nitrogen and oxygen atoms in total. The van der Waals surface area contributed by atoms with E-state index in [1.54, 1.807) is 24.3 Å². The summed E-state index contributed by atoms with van der Waals surface area (Å²) in [6.45, 7) is 0. The summed E-state index contributed by atoms with van der Waals surface area (Å²) in [6, 6.07) is 12.1. The molecule has 0 radical (unpaired) electrons. The molecular weight excluding hydrogens is 389 g/mol. The Labute approximate surface area is 170 Å². The van der Waals surface area contributed by atoms with Crippen molar-refractivity contribution in [3.63, 3.8) is 0 Å². The van der Waals surface area contributed by atoms with Crippen molar-refractivity contribution in [1.82, 2.24) is 15.5 Å². The lowest BCUT2D eigenvalue weighted by Crippen LogP contribution is -2.32. The Morgan fingerprint density at radius 3 is 2.76 bits per heavy atom. The van der Waals surface area contributed by atoms with Crippen molar-refractivity contribution in [2.75, 3.05) is 0 Å². The number of halogens is 1. The molecule has 0 saturated heterocycles. The molecule has 0 aliphatic heterocycles. The minimum Gasteiger partial charge on any atom is -0.349 e. The molecule has 29 heavy (non-hydrogen) atoms. The van der Waals surface area contributed by atoms with Gasteiger partial charge in [-0.15, -0.1) is 11.3 Å². The Bertz CT molecular complexity index is 1180. The van der Waals surface area contributed by atoms with E-state index in [-0.39, 0.29) is 23.2 Å². The molecule has 1 aliphatic rings. The van der Waals surface area contributed by atoms with E-state index < -0.39 is 5.82 Å². The predicted molar refractivity (Wildman–Crippen MR) is 110 cm³/mol. The van der Waals surface area contributed by atoms with Gasteiger partial charge >= 0.3 is 0 Å². The summed E-state index contributed by atoms with van der Waals surface area (Å²) in [7, 11) is 0. The summed E-state index contributed by atoms with van der Waals surface area (Å²) in [4.78, 5) is 18.7. The minimum atomic E-state index is -0.424. The third-order valence-electron chi connectivity index (χ3n) is 5.28. The molecule has 1 saturated carbocycles. The van der Waals surface area contributed by atoms with Crippen LogP contribution in [-0.4, -0.2) is 22.1 Å². The van der Waals surface area contributed by atoms with E-state index in [4.69, 9.17) is 4.52 Å². The number of pyridine rings is 1. The summed E-state index contributed by atoms with van der Waals surface area (Å²) in [5.41, 5.74) is 1.85. The maximum Gasteiger partial charge on any atom is 0.259 e. The molecule has 0 spiro atoms. The van der Waals surface area contributed by atoms with Crippen LogP contribution in [0.1, 0.15) is 36.0 Å². The number of thiophene rings is 1. The fourth-order valence-electron chi connectivity index (χ4n) is 3.85. The Hall–Kier alpha value is -3.06. The van der Waals surface area contributed by atoms with Crippen molar-refractivity contribution in [3.8, 4) is 21.8 Å². The van der Waals surface area contributed by atoms with Crippen molar-refractivity contribution >= 4 is 28.3 Å². The molecule has 1 aliphatic carbocycles. The van der Waals surface area contributed by atoms with Crippen LogP contribution in [0, 0.1) is 5.82 Å². The second-order valence-corrected chi connectivity index (χ2v) is 8.13. The lowest BCUT2D eigenvalue weighted by Gasteiger charge is -2.13. The van der Waals surface area contributed by atoms with E-state index in [1.807, 2.05) is 17.5 Å². The number of aromatic nitrogens is 2.